The summed E-state index contributed by atoms with van der Waals surface area (Å²) in [4.78, 5) is 0. The second kappa shape index (κ2) is 8.28. The van der Waals surface area contributed by atoms with Gasteiger partial charge >= 0.3 is 0 Å². The molecule has 0 aliphatic rings. The van der Waals surface area contributed by atoms with E-state index in [1.54, 1.807) is 0 Å². The van der Waals surface area contributed by atoms with E-state index in [1.807, 2.05) is 0 Å². The molecule has 0 rings (SSSR count). The minimum Gasteiger partial charge on any atom is -0.376 e. The molecule has 0 amide bonds. The molecule has 0 aliphatic heterocycles. The van der Waals surface area contributed by atoms with Crippen molar-refractivity contribution < 1.29 is 4.74 Å². The van der Waals surface area contributed by atoms with Gasteiger partial charge < -0.3 is 4.74 Å². The van der Waals surface area contributed by atoms with Crippen LogP contribution in [0.4, 0.5) is 0 Å². The van der Waals surface area contributed by atoms with Crippen LogP contribution >= 0.6 is 0 Å². The molecule has 0 saturated heterocycles. The zero-order valence-electron chi connectivity index (χ0n) is 8.82. The topological polar surface area (TPSA) is 9.23 Å². The third-order valence-electron chi connectivity index (χ3n) is 1.39. The van der Waals surface area contributed by atoms with Gasteiger partial charge in [0.25, 0.3) is 0 Å². The quantitative estimate of drug-likeness (QED) is 0.607. The first-order chi connectivity index (χ1) is 4.71. The Hall–Kier alpha value is -0.0400. The van der Waals surface area contributed by atoms with Crippen molar-refractivity contribution in [3.8, 4) is 0 Å². The lowest BCUT2D eigenvalue weighted by molar-refractivity contribution is -0.0139. The number of hydrogen-bond donors (Lipinski definition) is 0. The molecule has 1 heteroatoms. The van der Waals surface area contributed by atoms with E-state index in [-0.39, 0.29) is 27.9 Å². The highest BCUT2D eigenvalue weighted by Gasteiger charge is 2.14. The summed E-state index contributed by atoms with van der Waals surface area (Å²) in [7, 11) is 0. The maximum atomic E-state index is 5.61. The highest BCUT2D eigenvalue weighted by atomic mass is 16.5. The Morgan fingerprint density at radius 2 is 1.14 bits per heavy atom. The molecule has 1 nitrogen and oxygen atoms in total. The minimum absolute atomic E-state index is 0. The van der Waals surface area contributed by atoms with Gasteiger partial charge in [0, 0.05) is 6.61 Å². The lowest BCUT2D eigenvalue weighted by atomic mass is 9.93. The van der Waals surface area contributed by atoms with Gasteiger partial charge in [0.2, 0.25) is 0 Å². The van der Waals surface area contributed by atoms with E-state index in [4.69, 9.17) is 4.74 Å². The molecule has 92 valence electrons. The first kappa shape index (κ1) is 23.6. The SMILES string of the molecule is C.C.C.CC(C)(C)CCOC(C)(C)C. The smallest absolute Gasteiger partial charge is 0.0598 e. The predicted octanol–water partition coefficient (Wildman–Crippen LogP) is 5.15. The second-order valence-electron chi connectivity index (χ2n) is 5.27. The van der Waals surface area contributed by atoms with Crippen LogP contribution < -0.4 is 0 Å². The largest absolute Gasteiger partial charge is 0.376 e. The van der Waals surface area contributed by atoms with Gasteiger partial charge in [-0.1, -0.05) is 43.1 Å². The molecule has 0 bridgehead atoms. The van der Waals surface area contributed by atoms with Crippen LogP contribution in [-0.4, -0.2) is 12.2 Å². The fourth-order valence-electron chi connectivity index (χ4n) is 0.663. The third-order valence-corrected chi connectivity index (χ3v) is 1.39. The van der Waals surface area contributed by atoms with Crippen LogP contribution in [0.2, 0.25) is 0 Å². The summed E-state index contributed by atoms with van der Waals surface area (Å²) < 4.78 is 5.61. The standard InChI is InChI=1S/C10H22O.3CH4/c1-9(2,3)7-8-11-10(4,5)6;;;/h7-8H2,1-6H3;3*1H4. The van der Waals surface area contributed by atoms with Crippen molar-refractivity contribution in [1.82, 2.24) is 0 Å². The Balaban J connectivity index is -0.000000167. The van der Waals surface area contributed by atoms with Crippen molar-refractivity contribution in [1.29, 1.82) is 0 Å². The molecule has 0 fully saturated rings. The average Bonchev–Trinajstić information content (AvgIpc) is 1.55. The average molecular weight is 206 g/mol. The summed E-state index contributed by atoms with van der Waals surface area (Å²) >= 11 is 0. The van der Waals surface area contributed by atoms with Crippen LogP contribution in [0.5, 0.6) is 0 Å². The van der Waals surface area contributed by atoms with E-state index >= 15 is 0 Å². The molecule has 0 unspecified atom stereocenters. The molecular formula is C13H34O. The van der Waals surface area contributed by atoms with E-state index in [0.29, 0.717) is 5.41 Å². The van der Waals surface area contributed by atoms with Crippen molar-refractivity contribution >= 4 is 0 Å². The predicted molar refractivity (Wildman–Crippen MR) is 70.0 cm³/mol. The van der Waals surface area contributed by atoms with Gasteiger partial charge in [0.15, 0.2) is 0 Å². The normalized spacial score (nSPS) is 10.7. The zero-order valence-corrected chi connectivity index (χ0v) is 8.82. The van der Waals surface area contributed by atoms with E-state index in [9.17, 15) is 0 Å². The first-order valence-corrected chi connectivity index (χ1v) is 4.35. The molecule has 0 aliphatic carbocycles. The Morgan fingerprint density at radius 1 is 0.786 bits per heavy atom. The fourth-order valence-corrected chi connectivity index (χ4v) is 0.663. The van der Waals surface area contributed by atoms with Gasteiger partial charge in [0.1, 0.15) is 0 Å². The van der Waals surface area contributed by atoms with Crippen molar-refractivity contribution in [2.45, 2.75) is 75.8 Å². The minimum atomic E-state index is 0. The molecule has 0 aromatic heterocycles. The van der Waals surface area contributed by atoms with E-state index in [0.717, 1.165) is 13.0 Å². The number of ether oxygens (including phenoxy) is 1. The van der Waals surface area contributed by atoms with Crippen molar-refractivity contribution in [3.63, 3.8) is 0 Å². The Bertz CT molecular complexity index is 89.4. The summed E-state index contributed by atoms with van der Waals surface area (Å²) in [6.07, 6.45) is 1.13. The molecular weight excluding hydrogens is 172 g/mol. The van der Waals surface area contributed by atoms with Gasteiger partial charge in [0.05, 0.1) is 5.60 Å². The van der Waals surface area contributed by atoms with Crippen molar-refractivity contribution in [2.24, 2.45) is 5.41 Å². The molecule has 0 aromatic rings. The van der Waals surface area contributed by atoms with Crippen LogP contribution in [-0.2, 0) is 4.74 Å². The van der Waals surface area contributed by atoms with Crippen LogP contribution in [0.15, 0.2) is 0 Å². The molecule has 14 heavy (non-hydrogen) atoms. The van der Waals surface area contributed by atoms with E-state index < -0.39 is 0 Å². The van der Waals surface area contributed by atoms with Gasteiger partial charge in [-0.2, -0.15) is 0 Å². The lowest BCUT2D eigenvalue weighted by Gasteiger charge is -2.23. The molecule has 0 N–H and O–H groups in total. The van der Waals surface area contributed by atoms with Crippen LogP contribution in [0.25, 0.3) is 0 Å². The van der Waals surface area contributed by atoms with Crippen LogP contribution in [0, 0.1) is 5.41 Å². The molecule has 0 atom stereocenters. The lowest BCUT2D eigenvalue weighted by Crippen LogP contribution is -2.22. The molecule has 0 heterocycles. The third kappa shape index (κ3) is 22.7. The van der Waals surface area contributed by atoms with Gasteiger partial charge in [-0.25, -0.2) is 0 Å². The monoisotopic (exact) mass is 206 g/mol. The summed E-state index contributed by atoms with van der Waals surface area (Å²) in [5.74, 6) is 0. The van der Waals surface area contributed by atoms with Crippen LogP contribution in [0.3, 0.4) is 0 Å². The Morgan fingerprint density at radius 3 is 1.36 bits per heavy atom. The van der Waals surface area contributed by atoms with E-state index in [1.165, 1.54) is 0 Å². The summed E-state index contributed by atoms with van der Waals surface area (Å²) in [6.45, 7) is 13.9. The Labute approximate surface area is 93.2 Å². The maximum absolute atomic E-state index is 5.61. The van der Waals surface area contributed by atoms with E-state index in [2.05, 4.69) is 41.5 Å². The molecule has 0 aromatic carbocycles. The van der Waals surface area contributed by atoms with Gasteiger partial charge in [-0.3, -0.25) is 0 Å². The fraction of sp³-hybridized carbons (Fsp3) is 1.00. The Kier molecular flexibility index (Phi) is 14.0. The molecule has 0 radical (unpaired) electrons. The number of rotatable bonds is 2. The van der Waals surface area contributed by atoms with Crippen LogP contribution in [0.1, 0.15) is 70.2 Å². The number of hydrogen-bond acceptors (Lipinski definition) is 1. The first-order valence-electron chi connectivity index (χ1n) is 4.35. The summed E-state index contributed by atoms with van der Waals surface area (Å²) in [5.41, 5.74) is 0.413. The van der Waals surface area contributed by atoms with Gasteiger partial charge in [-0.05, 0) is 32.6 Å². The maximum Gasteiger partial charge on any atom is 0.0598 e. The highest BCUT2D eigenvalue weighted by molar-refractivity contribution is 4.63. The zero-order chi connectivity index (χ0) is 9.12. The highest BCUT2D eigenvalue weighted by Crippen LogP contribution is 2.19. The molecule has 0 saturated carbocycles. The second-order valence-corrected chi connectivity index (χ2v) is 5.27. The van der Waals surface area contributed by atoms with Crippen molar-refractivity contribution in [2.75, 3.05) is 6.61 Å². The van der Waals surface area contributed by atoms with Crippen molar-refractivity contribution in [3.05, 3.63) is 0 Å². The van der Waals surface area contributed by atoms with Gasteiger partial charge in [-0.15, -0.1) is 0 Å². The molecule has 0 spiro atoms. The summed E-state index contributed by atoms with van der Waals surface area (Å²) in [5, 5.41) is 0. The summed E-state index contributed by atoms with van der Waals surface area (Å²) in [6, 6.07) is 0.